The monoisotopic (exact) mass is 357 g/mol. The van der Waals surface area contributed by atoms with Crippen LogP contribution in [0.2, 0.25) is 0 Å². The molecule has 1 heterocycles. The Balaban J connectivity index is 2.05. The number of anilines is 1. The van der Waals surface area contributed by atoms with Crippen LogP contribution >= 0.6 is 0 Å². The second-order valence-electron chi connectivity index (χ2n) is 6.97. The summed E-state index contributed by atoms with van der Waals surface area (Å²) >= 11 is 0. The van der Waals surface area contributed by atoms with Gasteiger partial charge in [0.1, 0.15) is 0 Å². The molecule has 0 fully saturated rings. The van der Waals surface area contributed by atoms with Crippen LogP contribution < -0.4 is 4.90 Å². The van der Waals surface area contributed by atoms with Crippen molar-refractivity contribution in [2.45, 2.75) is 31.0 Å². The number of benzene rings is 2. The topological polar surface area (TPSA) is 3.24 Å². The first-order valence-corrected chi connectivity index (χ1v) is 8.56. The molecule has 2 atom stereocenters. The van der Waals surface area contributed by atoms with Gasteiger partial charge in [0.25, 0.3) is 0 Å². The van der Waals surface area contributed by atoms with Crippen molar-refractivity contribution in [3.8, 4) is 0 Å². The highest BCUT2D eigenvalue weighted by atomic mass is 19.4. The maximum Gasteiger partial charge on any atom is 0.416 e. The number of hydrogen-bond acceptors (Lipinski definition) is 1. The van der Waals surface area contributed by atoms with Gasteiger partial charge in [0.15, 0.2) is 0 Å². The molecule has 0 N–H and O–H groups in total. The van der Waals surface area contributed by atoms with Gasteiger partial charge in [-0.25, -0.2) is 0 Å². The van der Waals surface area contributed by atoms with Gasteiger partial charge in [-0.05, 0) is 35.7 Å². The zero-order valence-corrected chi connectivity index (χ0v) is 14.9. The van der Waals surface area contributed by atoms with E-state index >= 15 is 0 Å². The number of fused-ring (bicyclic) bond motifs is 1. The fourth-order valence-electron chi connectivity index (χ4n) is 3.85. The smallest absolute Gasteiger partial charge is 0.367 e. The van der Waals surface area contributed by atoms with E-state index in [-0.39, 0.29) is 6.04 Å². The zero-order chi connectivity index (χ0) is 18.9. The van der Waals surface area contributed by atoms with Crippen LogP contribution in [0.25, 0.3) is 6.08 Å². The van der Waals surface area contributed by atoms with E-state index in [1.54, 1.807) is 12.1 Å². The molecule has 2 unspecified atom stereocenters. The summed E-state index contributed by atoms with van der Waals surface area (Å²) in [6.07, 6.45) is 2.13. The highest BCUT2D eigenvalue weighted by molar-refractivity contribution is 5.68. The summed E-state index contributed by atoms with van der Waals surface area (Å²) in [6, 6.07) is 13.9. The summed E-state index contributed by atoms with van der Waals surface area (Å²) < 4.78 is 39.6. The molecule has 2 aromatic carbocycles. The van der Waals surface area contributed by atoms with Gasteiger partial charge in [-0.1, -0.05) is 55.5 Å². The molecule has 0 radical (unpaired) electrons. The summed E-state index contributed by atoms with van der Waals surface area (Å²) in [7, 11) is 1.93. The number of nitrogens with zero attached hydrogens (tertiary/aromatic N) is 1. The summed E-state index contributed by atoms with van der Waals surface area (Å²) in [4.78, 5) is 2.05. The van der Waals surface area contributed by atoms with E-state index < -0.39 is 17.2 Å². The molecule has 4 heteroatoms. The molecule has 0 aliphatic carbocycles. The molecular formula is C22H22F3N. The number of rotatable bonds is 4. The van der Waals surface area contributed by atoms with Crippen molar-refractivity contribution >= 4 is 11.8 Å². The van der Waals surface area contributed by atoms with Crippen LogP contribution in [-0.2, 0) is 11.6 Å². The molecule has 1 nitrogen and oxygen atoms in total. The van der Waals surface area contributed by atoms with Gasteiger partial charge in [-0.2, -0.15) is 13.2 Å². The Morgan fingerprint density at radius 1 is 1.15 bits per heavy atom. The highest BCUT2D eigenvalue weighted by Crippen LogP contribution is 2.49. The standard InChI is InChI=1S/C22H22F3N/c1-4-14-21(2)18-15-17(22(23,24)25)11-12-19(18)26(3)20(21)13-10-16-8-6-5-7-9-16/h4-13,15,20H,1,14H2,2-3H3/b13-10+. The summed E-state index contributed by atoms with van der Waals surface area (Å²) in [5, 5.41) is 0. The van der Waals surface area contributed by atoms with Crippen LogP contribution in [0.15, 0.2) is 67.3 Å². The highest BCUT2D eigenvalue weighted by Gasteiger charge is 2.45. The Labute approximate surface area is 152 Å². The Hall–Kier alpha value is -2.49. The lowest BCUT2D eigenvalue weighted by atomic mass is 9.75. The number of allylic oxidation sites excluding steroid dienone is 1. The largest absolute Gasteiger partial charge is 0.416 e. The van der Waals surface area contributed by atoms with Crippen LogP contribution in [0.1, 0.15) is 30.0 Å². The van der Waals surface area contributed by atoms with Crippen molar-refractivity contribution < 1.29 is 13.2 Å². The fraction of sp³-hybridized carbons (Fsp3) is 0.273. The Bertz CT molecular complexity index is 823. The molecule has 2 aromatic rings. The number of hydrogen-bond donors (Lipinski definition) is 0. The lowest BCUT2D eigenvalue weighted by Crippen LogP contribution is -2.39. The number of halogens is 3. The van der Waals surface area contributed by atoms with Crippen molar-refractivity contribution in [2.75, 3.05) is 11.9 Å². The zero-order valence-electron chi connectivity index (χ0n) is 14.9. The van der Waals surface area contributed by atoms with Gasteiger partial charge in [0.05, 0.1) is 11.6 Å². The van der Waals surface area contributed by atoms with Gasteiger partial charge in [0.2, 0.25) is 0 Å². The first-order chi connectivity index (χ1) is 12.3. The molecule has 0 saturated carbocycles. The fourth-order valence-corrected chi connectivity index (χ4v) is 3.85. The van der Waals surface area contributed by atoms with E-state index in [2.05, 4.69) is 17.6 Å². The molecule has 0 spiro atoms. The van der Waals surface area contributed by atoms with Crippen LogP contribution in [0.3, 0.4) is 0 Å². The van der Waals surface area contributed by atoms with Gasteiger partial charge in [0, 0.05) is 18.2 Å². The molecule has 0 saturated heterocycles. The first kappa shape index (κ1) is 18.3. The van der Waals surface area contributed by atoms with Crippen molar-refractivity contribution in [1.82, 2.24) is 0 Å². The summed E-state index contributed by atoms with van der Waals surface area (Å²) in [6.45, 7) is 5.84. The lowest BCUT2D eigenvalue weighted by Gasteiger charge is -2.32. The predicted octanol–water partition coefficient (Wildman–Crippen LogP) is 6.07. The quantitative estimate of drug-likeness (QED) is 0.600. The Morgan fingerprint density at radius 3 is 2.46 bits per heavy atom. The van der Waals surface area contributed by atoms with Gasteiger partial charge in [-0.3, -0.25) is 0 Å². The average Bonchev–Trinajstić information content (AvgIpc) is 2.81. The van der Waals surface area contributed by atoms with E-state index in [9.17, 15) is 13.2 Å². The molecule has 0 bridgehead atoms. The predicted molar refractivity (Wildman–Crippen MR) is 101 cm³/mol. The number of likely N-dealkylation sites (N-methyl/N-ethyl adjacent to an activating group) is 1. The SMILES string of the molecule is C=CCC1(C)c2cc(C(F)(F)F)ccc2N(C)C1/C=C/c1ccccc1. The van der Waals surface area contributed by atoms with Crippen LogP contribution in [0, 0.1) is 0 Å². The van der Waals surface area contributed by atoms with Crippen molar-refractivity contribution in [1.29, 1.82) is 0 Å². The van der Waals surface area contributed by atoms with E-state index in [0.29, 0.717) is 6.42 Å². The molecule has 26 heavy (non-hydrogen) atoms. The van der Waals surface area contributed by atoms with Crippen molar-refractivity contribution in [3.05, 3.63) is 84.0 Å². The summed E-state index contributed by atoms with van der Waals surface area (Å²) in [5.74, 6) is 0. The Morgan fingerprint density at radius 2 is 1.85 bits per heavy atom. The molecule has 1 aliphatic rings. The first-order valence-electron chi connectivity index (χ1n) is 8.56. The third kappa shape index (κ3) is 3.16. The van der Waals surface area contributed by atoms with E-state index in [0.717, 1.165) is 22.9 Å². The van der Waals surface area contributed by atoms with E-state index in [1.807, 2.05) is 50.4 Å². The molecule has 1 aliphatic heterocycles. The lowest BCUT2D eigenvalue weighted by molar-refractivity contribution is -0.137. The average molecular weight is 357 g/mol. The van der Waals surface area contributed by atoms with Gasteiger partial charge in [-0.15, -0.1) is 6.58 Å². The summed E-state index contributed by atoms with van der Waals surface area (Å²) in [5.41, 5.74) is 1.54. The minimum Gasteiger partial charge on any atom is -0.367 e. The van der Waals surface area contributed by atoms with E-state index in [1.165, 1.54) is 6.07 Å². The minimum absolute atomic E-state index is 0.0563. The third-order valence-electron chi connectivity index (χ3n) is 5.23. The number of alkyl halides is 3. The molecule has 136 valence electrons. The minimum atomic E-state index is -4.35. The van der Waals surface area contributed by atoms with Crippen LogP contribution in [0.4, 0.5) is 18.9 Å². The normalized spacial score (nSPS) is 22.7. The van der Waals surface area contributed by atoms with Crippen LogP contribution in [-0.4, -0.2) is 13.1 Å². The maximum atomic E-state index is 13.2. The maximum absolute atomic E-state index is 13.2. The van der Waals surface area contributed by atoms with Crippen molar-refractivity contribution in [3.63, 3.8) is 0 Å². The van der Waals surface area contributed by atoms with Gasteiger partial charge < -0.3 is 4.90 Å². The van der Waals surface area contributed by atoms with Crippen LogP contribution in [0.5, 0.6) is 0 Å². The van der Waals surface area contributed by atoms with E-state index in [4.69, 9.17) is 0 Å². The molecule has 0 aromatic heterocycles. The molecule has 0 amide bonds. The van der Waals surface area contributed by atoms with Crippen molar-refractivity contribution in [2.24, 2.45) is 0 Å². The Kier molecular flexibility index (Phi) is 4.70. The second kappa shape index (κ2) is 6.67. The van der Waals surface area contributed by atoms with Gasteiger partial charge >= 0.3 is 6.18 Å². The molecule has 3 rings (SSSR count). The second-order valence-corrected chi connectivity index (χ2v) is 6.97. The molecular weight excluding hydrogens is 335 g/mol. The third-order valence-corrected chi connectivity index (χ3v) is 5.23.